The van der Waals surface area contributed by atoms with Crippen LogP contribution in [0.4, 0.5) is 5.69 Å². The van der Waals surface area contributed by atoms with Crippen molar-refractivity contribution in [1.29, 1.82) is 0 Å². The number of ether oxygens (including phenoxy) is 2. The van der Waals surface area contributed by atoms with E-state index in [0.717, 1.165) is 15.7 Å². The Morgan fingerprint density at radius 2 is 2.05 bits per heavy atom. The van der Waals surface area contributed by atoms with E-state index in [1.165, 1.54) is 0 Å². The summed E-state index contributed by atoms with van der Waals surface area (Å²) in [5.41, 5.74) is 1.32. The number of methoxy groups -OCH3 is 1. The molecule has 4 nitrogen and oxygen atoms in total. The number of hydrogen-bond donors (Lipinski definition) is 1. The largest absolute Gasteiger partial charge is 0.380 e. The van der Waals surface area contributed by atoms with Gasteiger partial charge in [0.15, 0.2) is 0 Å². The first-order chi connectivity index (χ1) is 8.83. The topological polar surface area (TPSA) is 47.6 Å². The van der Waals surface area contributed by atoms with Gasteiger partial charge in [-0.25, -0.2) is 0 Å². The molecule has 0 unspecified atom stereocenters. The molecule has 0 radical (unpaired) electrons. The van der Waals surface area contributed by atoms with Crippen molar-refractivity contribution in [3.05, 3.63) is 28.2 Å². The van der Waals surface area contributed by atoms with Crippen LogP contribution in [0.2, 0.25) is 0 Å². The summed E-state index contributed by atoms with van der Waals surface area (Å²) in [6.07, 6.45) is 0. The highest BCUT2D eigenvalue weighted by atomic mass is 79.9. The van der Waals surface area contributed by atoms with Crippen LogP contribution in [0.15, 0.2) is 22.7 Å². The summed E-state index contributed by atoms with van der Waals surface area (Å²) in [6, 6.07) is 5.62. The third-order valence-electron chi connectivity index (χ3n) is 2.32. The molecule has 19 heavy (non-hydrogen) atoms. The lowest BCUT2D eigenvalue weighted by Crippen LogP contribution is -2.27. The molecule has 1 amide bonds. The quantitative estimate of drug-likeness (QED) is 0.901. The molecule has 0 fully saturated rings. The molecular weight excluding hydrogens is 310 g/mol. The van der Waals surface area contributed by atoms with Gasteiger partial charge in [0.05, 0.1) is 12.2 Å². The van der Waals surface area contributed by atoms with E-state index in [4.69, 9.17) is 9.47 Å². The highest BCUT2D eigenvalue weighted by molar-refractivity contribution is 9.10. The van der Waals surface area contributed by atoms with Gasteiger partial charge in [-0.1, -0.05) is 22.0 Å². The van der Waals surface area contributed by atoms with Gasteiger partial charge >= 0.3 is 0 Å². The second kappa shape index (κ2) is 7.03. The fraction of sp³-hybridized carbons (Fsp3) is 0.500. The number of rotatable bonds is 5. The predicted molar refractivity (Wildman–Crippen MR) is 79.2 cm³/mol. The highest BCUT2D eigenvalue weighted by Gasteiger charge is 2.14. The normalized spacial score (nSPS) is 11.4. The number of carbonyl (C=O) groups excluding carboxylic acids is 1. The van der Waals surface area contributed by atoms with Gasteiger partial charge in [-0.15, -0.1) is 0 Å². The zero-order chi connectivity index (χ0) is 14.5. The first kappa shape index (κ1) is 16.1. The SMILES string of the molecule is COCc1c(Br)cccc1NC(=O)COC(C)(C)C. The first-order valence-electron chi connectivity index (χ1n) is 6.03. The number of amides is 1. The van der Waals surface area contributed by atoms with Crippen LogP contribution in [0.3, 0.4) is 0 Å². The second-order valence-electron chi connectivity index (χ2n) is 5.15. The van der Waals surface area contributed by atoms with E-state index in [9.17, 15) is 4.79 Å². The van der Waals surface area contributed by atoms with E-state index >= 15 is 0 Å². The Balaban J connectivity index is 2.71. The van der Waals surface area contributed by atoms with E-state index < -0.39 is 0 Å². The minimum Gasteiger partial charge on any atom is -0.380 e. The standard InChI is InChI=1S/C14H20BrNO3/c1-14(2,3)19-9-13(17)16-12-7-5-6-11(15)10(12)8-18-4/h5-7H,8-9H2,1-4H3,(H,16,17). The van der Waals surface area contributed by atoms with Gasteiger partial charge in [0.1, 0.15) is 6.61 Å². The van der Waals surface area contributed by atoms with Gasteiger partial charge in [0.2, 0.25) is 5.91 Å². The van der Waals surface area contributed by atoms with Crippen molar-refractivity contribution < 1.29 is 14.3 Å². The molecule has 0 aliphatic rings. The molecule has 0 heterocycles. The average Bonchev–Trinajstić information content (AvgIpc) is 2.30. The second-order valence-corrected chi connectivity index (χ2v) is 6.00. The summed E-state index contributed by atoms with van der Waals surface area (Å²) >= 11 is 3.45. The average molecular weight is 330 g/mol. The Bertz CT molecular complexity index is 441. The van der Waals surface area contributed by atoms with E-state index in [2.05, 4.69) is 21.2 Å². The zero-order valence-electron chi connectivity index (χ0n) is 11.7. The minimum absolute atomic E-state index is 0.0302. The number of hydrogen-bond acceptors (Lipinski definition) is 3. The summed E-state index contributed by atoms with van der Waals surface area (Å²) in [5.74, 6) is -0.176. The lowest BCUT2D eigenvalue weighted by atomic mass is 10.2. The van der Waals surface area contributed by atoms with Crippen molar-refractivity contribution in [3.63, 3.8) is 0 Å². The van der Waals surface area contributed by atoms with Crippen LogP contribution in [0.25, 0.3) is 0 Å². The summed E-state index contributed by atoms with van der Waals surface area (Å²) in [4.78, 5) is 11.8. The van der Waals surface area contributed by atoms with Crippen LogP contribution in [-0.2, 0) is 20.9 Å². The minimum atomic E-state index is -0.329. The Kier molecular flexibility index (Phi) is 5.97. The molecule has 0 saturated heterocycles. The van der Waals surface area contributed by atoms with Gasteiger partial charge in [-0.3, -0.25) is 4.79 Å². The van der Waals surface area contributed by atoms with Crippen LogP contribution in [-0.4, -0.2) is 25.2 Å². The molecule has 0 spiro atoms. The molecule has 1 aromatic rings. The van der Waals surface area contributed by atoms with Crippen LogP contribution >= 0.6 is 15.9 Å². The molecule has 0 bridgehead atoms. The maximum absolute atomic E-state index is 11.8. The summed E-state index contributed by atoms with van der Waals surface area (Å²) < 4.78 is 11.5. The maximum atomic E-state index is 11.8. The van der Waals surface area contributed by atoms with E-state index in [1.807, 2.05) is 39.0 Å². The molecule has 0 aliphatic carbocycles. The molecule has 106 valence electrons. The van der Waals surface area contributed by atoms with Gasteiger partial charge in [-0.2, -0.15) is 0 Å². The number of halogens is 1. The van der Waals surface area contributed by atoms with E-state index in [0.29, 0.717) is 6.61 Å². The zero-order valence-corrected chi connectivity index (χ0v) is 13.3. The number of nitrogens with one attached hydrogen (secondary N) is 1. The lowest BCUT2D eigenvalue weighted by Gasteiger charge is -2.19. The van der Waals surface area contributed by atoms with Crippen LogP contribution < -0.4 is 5.32 Å². The monoisotopic (exact) mass is 329 g/mol. The summed E-state index contributed by atoms with van der Waals surface area (Å²) in [7, 11) is 1.62. The number of benzene rings is 1. The molecule has 0 saturated carbocycles. The molecule has 0 atom stereocenters. The summed E-state index contributed by atoms with van der Waals surface area (Å²) in [5, 5.41) is 2.83. The smallest absolute Gasteiger partial charge is 0.250 e. The van der Waals surface area contributed by atoms with Gasteiger partial charge in [0, 0.05) is 22.8 Å². The molecule has 0 aromatic heterocycles. The third-order valence-corrected chi connectivity index (χ3v) is 3.06. The van der Waals surface area contributed by atoms with E-state index in [1.54, 1.807) is 7.11 Å². The molecule has 1 N–H and O–H groups in total. The van der Waals surface area contributed by atoms with Crippen molar-refractivity contribution in [2.24, 2.45) is 0 Å². The van der Waals surface area contributed by atoms with Crippen molar-refractivity contribution in [3.8, 4) is 0 Å². The van der Waals surface area contributed by atoms with Crippen molar-refractivity contribution in [1.82, 2.24) is 0 Å². The molecule has 0 aliphatic heterocycles. The predicted octanol–water partition coefficient (Wildman–Crippen LogP) is 3.35. The molecular formula is C14H20BrNO3. The molecule has 1 rings (SSSR count). The number of carbonyl (C=O) groups is 1. The van der Waals surface area contributed by atoms with Crippen molar-refractivity contribution in [2.45, 2.75) is 33.0 Å². The fourth-order valence-corrected chi connectivity index (χ4v) is 1.92. The highest BCUT2D eigenvalue weighted by Crippen LogP contribution is 2.25. The van der Waals surface area contributed by atoms with E-state index in [-0.39, 0.29) is 18.1 Å². The fourth-order valence-electron chi connectivity index (χ4n) is 1.44. The van der Waals surface area contributed by atoms with Gasteiger partial charge < -0.3 is 14.8 Å². The molecule has 5 heteroatoms. The Labute approximate surface area is 122 Å². The van der Waals surface area contributed by atoms with Crippen LogP contribution in [0.5, 0.6) is 0 Å². The van der Waals surface area contributed by atoms with Gasteiger partial charge in [0.25, 0.3) is 0 Å². The summed E-state index contributed by atoms with van der Waals surface area (Å²) in [6.45, 7) is 6.20. The third kappa shape index (κ3) is 5.72. The van der Waals surface area contributed by atoms with Crippen LogP contribution in [0, 0.1) is 0 Å². The first-order valence-corrected chi connectivity index (χ1v) is 6.83. The van der Waals surface area contributed by atoms with Gasteiger partial charge in [-0.05, 0) is 32.9 Å². The number of anilines is 1. The Morgan fingerprint density at radius 3 is 2.63 bits per heavy atom. The molecule has 1 aromatic carbocycles. The Morgan fingerprint density at radius 1 is 1.37 bits per heavy atom. The maximum Gasteiger partial charge on any atom is 0.250 e. The van der Waals surface area contributed by atoms with Crippen molar-refractivity contribution in [2.75, 3.05) is 19.0 Å². The lowest BCUT2D eigenvalue weighted by molar-refractivity contribution is -0.125. The Hall–Kier alpha value is -0.910. The van der Waals surface area contributed by atoms with Crippen LogP contribution in [0.1, 0.15) is 26.3 Å². The van der Waals surface area contributed by atoms with Crippen molar-refractivity contribution >= 4 is 27.5 Å².